The second-order valence-electron chi connectivity index (χ2n) is 2.99. The molecule has 3 nitrogen and oxygen atoms in total. The number of alkyl halides is 2. The van der Waals surface area contributed by atoms with Crippen molar-refractivity contribution in [3.63, 3.8) is 0 Å². The smallest absolute Gasteiger partial charge is 0.396 e. The lowest BCUT2D eigenvalue weighted by Gasteiger charge is -2.07. The van der Waals surface area contributed by atoms with E-state index in [-0.39, 0.29) is 24.5 Å². The standard InChI is InChI=1S/C9H7BrF2O3/c10-6-1-2-7-8(5(6)3-4-13)15-9(11,12)14-7/h1-2,13H,3-4H2. The van der Waals surface area contributed by atoms with Gasteiger partial charge in [-0.3, -0.25) is 0 Å². The van der Waals surface area contributed by atoms with Gasteiger partial charge in [0.2, 0.25) is 0 Å². The van der Waals surface area contributed by atoms with Crippen LogP contribution in [0.5, 0.6) is 11.5 Å². The summed E-state index contributed by atoms with van der Waals surface area (Å²) in [6.07, 6.45) is -3.39. The predicted octanol–water partition coefficient (Wildman–Crippen LogP) is 2.31. The summed E-state index contributed by atoms with van der Waals surface area (Å²) in [5, 5.41) is 8.80. The quantitative estimate of drug-likeness (QED) is 0.904. The number of rotatable bonds is 2. The van der Waals surface area contributed by atoms with Crippen LogP contribution in [-0.2, 0) is 6.42 Å². The highest BCUT2D eigenvalue weighted by Gasteiger charge is 2.44. The van der Waals surface area contributed by atoms with Gasteiger partial charge in [0.25, 0.3) is 0 Å². The van der Waals surface area contributed by atoms with E-state index in [0.717, 1.165) is 0 Å². The van der Waals surface area contributed by atoms with Crippen LogP contribution in [-0.4, -0.2) is 18.0 Å². The largest absolute Gasteiger partial charge is 0.586 e. The topological polar surface area (TPSA) is 38.7 Å². The first-order chi connectivity index (χ1) is 7.03. The van der Waals surface area contributed by atoms with Crippen molar-refractivity contribution in [2.24, 2.45) is 0 Å². The number of halogens is 3. The molecular formula is C9H7BrF2O3. The Balaban J connectivity index is 2.45. The molecule has 0 atom stereocenters. The Labute approximate surface area is 92.7 Å². The Kier molecular flexibility index (Phi) is 2.56. The molecule has 15 heavy (non-hydrogen) atoms. The van der Waals surface area contributed by atoms with Gasteiger partial charge in [0, 0.05) is 23.1 Å². The van der Waals surface area contributed by atoms with E-state index in [1.165, 1.54) is 6.07 Å². The highest BCUT2D eigenvalue weighted by Crippen LogP contribution is 2.45. The summed E-state index contributed by atoms with van der Waals surface area (Å²) in [4.78, 5) is 0. The minimum Gasteiger partial charge on any atom is -0.396 e. The Morgan fingerprint density at radius 1 is 1.33 bits per heavy atom. The maximum atomic E-state index is 12.8. The predicted molar refractivity (Wildman–Crippen MR) is 51.1 cm³/mol. The van der Waals surface area contributed by atoms with Gasteiger partial charge in [0.15, 0.2) is 11.5 Å². The summed E-state index contributed by atoms with van der Waals surface area (Å²) in [5.41, 5.74) is 0.479. The van der Waals surface area contributed by atoms with E-state index in [1.807, 2.05) is 0 Å². The maximum absolute atomic E-state index is 12.8. The molecule has 0 bridgehead atoms. The molecule has 1 aromatic rings. The third kappa shape index (κ3) is 1.91. The highest BCUT2D eigenvalue weighted by atomic mass is 79.9. The van der Waals surface area contributed by atoms with E-state index in [4.69, 9.17) is 5.11 Å². The molecule has 1 N–H and O–H groups in total. The Morgan fingerprint density at radius 2 is 2.07 bits per heavy atom. The SMILES string of the molecule is OCCc1c(Br)ccc2c1OC(F)(F)O2. The molecule has 0 spiro atoms. The van der Waals surface area contributed by atoms with Crippen molar-refractivity contribution in [1.29, 1.82) is 0 Å². The van der Waals surface area contributed by atoms with Crippen molar-refractivity contribution in [3.8, 4) is 11.5 Å². The number of ether oxygens (including phenoxy) is 2. The molecular weight excluding hydrogens is 274 g/mol. The molecule has 1 aliphatic rings. The molecule has 0 amide bonds. The Bertz CT molecular complexity index is 395. The van der Waals surface area contributed by atoms with Crippen molar-refractivity contribution in [2.45, 2.75) is 12.7 Å². The zero-order valence-electron chi connectivity index (χ0n) is 7.47. The van der Waals surface area contributed by atoms with E-state index < -0.39 is 6.29 Å². The van der Waals surface area contributed by atoms with Gasteiger partial charge >= 0.3 is 6.29 Å². The van der Waals surface area contributed by atoms with Gasteiger partial charge < -0.3 is 14.6 Å². The fourth-order valence-corrected chi connectivity index (χ4v) is 1.90. The summed E-state index contributed by atoms with van der Waals surface area (Å²) in [5.74, 6) is -0.0184. The number of aliphatic hydroxyl groups excluding tert-OH is 1. The third-order valence-electron chi connectivity index (χ3n) is 1.98. The summed E-state index contributed by atoms with van der Waals surface area (Å²) in [7, 11) is 0. The third-order valence-corrected chi connectivity index (χ3v) is 2.72. The van der Waals surface area contributed by atoms with Gasteiger partial charge in [-0.2, -0.15) is 0 Å². The molecule has 0 aliphatic carbocycles. The zero-order valence-corrected chi connectivity index (χ0v) is 9.05. The summed E-state index contributed by atoms with van der Waals surface area (Å²) < 4.78 is 34.8. The van der Waals surface area contributed by atoms with Crippen LogP contribution in [0.1, 0.15) is 5.56 Å². The number of fused-ring (bicyclic) bond motifs is 1. The molecule has 1 aliphatic heterocycles. The molecule has 1 heterocycles. The molecule has 0 saturated heterocycles. The van der Waals surface area contributed by atoms with Crippen molar-refractivity contribution >= 4 is 15.9 Å². The fraction of sp³-hybridized carbons (Fsp3) is 0.333. The van der Waals surface area contributed by atoms with Crippen molar-refractivity contribution < 1.29 is 23.4 Å². The van der Waals surface area contributed by atoms with E-state index in [2.05, 4.69) is 25.4 Å². The lowest BCUT2D eigenvalue weighted by Crippen LogP contribution is -2.26. The van der Waals surface area contributed by atoms with Gasteiger partial charge in [-0.25, -0.2) is 0 Å². The van der Waals surface area contributed by atoms with Crippen LogP contribution >= 0.6 is 15.9 Å². The lowest BCUT2D eigenvalue weighted by molar-refractivity contribution is -0.287. The Morgan fingerprint density at radius 3 is 2.73 bits per heavy atom. The highest BCUT2D eigenvalue weighted by molar-refractivity contribution is 9.10. The maximum Gasteiger partial charge on any atom is 0.586 e. The minimum absolute atomic E-state index is 0.00773. The van der Waals surface area contributed by atoms with Crippen LogP contribution in [0.3, 0.4) is 0 Å². The van der Waals surface area contributed by atoms with E-state index in [9.17, 15) is 8.78 Å². The first-order valence-corrected chi connectivity index (χ1v) is 5.01. The summed E-state index contributed by atoms with van der Waals surface area (Å²) in [6, 6.07) is 2.97. The number of hydrogen-bond donors (Lipinski definition) is 1. The fourth-order valence-electron chi connectivity index (χ4n) is 1.39. The van der Waals surface area contributed by atoms with Crippen LogP contribution in [0.25, 0.3) is 0 Å². The van der Waals surface area contributed by atoms with Crippen molar-refractivity contribution in [1.82, 2.24) is 0 Å². The first-order valence-electron chi connectivity index (χ1n) is 4.21. The summed E-state index contributed by atoms with van der Waals surface area (Å²) in [6.45, 7) is -0.149. The first kappa shape index (κ1) is 10.6. The van der Waals surface area contributed by atoms with Crippen molar-refractivity contribution in [2.75, 3.05) is 6.61 Å². The number of benzene rings is 1. The molecule has 0 fully saturated rings. The second kappa shape index (κ2) is 3.61. The van der Waals surface area contributed by atoms with Gasteiger partial charge in [-0.1, -0.05) is 15.9 Å². The average Bonchev–Trinajstić information content (AvgIpc) is 2.46. The average molecular weight is 281 g/mol. The number of aliphatic hydroxyl groups is 1. The monoisotopic (exact) mass is 280 g/mol. The molecule has 0 saturated carbocycles. The molecule has 0 unspecified atom stereocenters. The van der Waals surface area contributed by atoms with Crippen LogP contribution in [0.2, 0.25) is 0 Å². The minimum atomic E-state index is -3.62. The van der Waals surface area contributed by atoms with Gasteiger partial charge in [0.1, 0.15) is 0 Å². The van der Waals surface area contributed by atoms with Crippen LogP contribution in [0, 0.1) is 0 Å². The van der Waals surface area contributed by atoms with Gasteiger partial charge in [-0.15, -0.1) is 8.78 Å². The molecule has 2 rings (SSSR count). The molecule has 6 heteroatoms. The van der Waals surface area contributed by atoms with Gasteiger partial charge in [0.05, 0.1) is 0 Å². The van der Waals surface area contributed by atoms with Crippen molar-refractivity contribution in [3.05, 3.63) is 22.2 Å². The van der Waals surface area contributed by atoms with Gasteiger partial charge in [-0.05, 0) is 12.1 Å². The normalized spacial score (nSPS) is 16.8. The molecule has 0 aromatic heterocycles. The van der Waals surface area contributed by atoms with E-state index >= 15 is 0 Å². The Hall–Kier alpha value is -0.880. The number of hydrogen-bond acceptors (Lipinski definition) is 3. The lowest BCUT2D eigenvalue weighted by atomic mass is 10.1. The molecule has 0 radical (unpaired) electrons. The summed E-state index contributed by atoms with van der Waals surface area (Å²) >= 11 is 3.20. The second-order valence-corrected chi connectivity index (χ2v) is 3.85. The van der Waals surface area contributed by atoms with Crippen LogP contribution < -0.4 is 9.47 Å². The van der Waals surface area contributed by atoms with E-state index in [0.29, 0.717) is 10.0 Å². The van der Waals surface area contributed by atoms with E-state index in [1.54, 1.807) is 6.07 Å². The molecule has 82 valence electrons. The zero-order chi connectivity index (χ0) is 11.1. The van der Waals surface area contributed by atoms with Crippen LogP contribution in [0.15, 0.2) is 16.6 Å². The molecule has 1 aromatic carbocycles. The van der Waals surface area contributed by atoms with Crippen LogP contribution in [0.4, 0.5) is 8.78 Å².